The highest BCUT2D eigenvalue weighted by atomic mass is 19.1. The van der Waals surface area contributed by atoms with Crippen molar-refractivity contribution < 1.29 is 23.8 Å². The molecule has 2 aromatic rings. The van der Waals surface area contributed by atoms with Crippen LogP contribution in [0.1, 0.15) is 23.2 Å². The fraction of sp³-hybridized carbons (Fsp3) is 0.429. The summed E-state index contributed by atoms with van der Waals surface area (Å²) in [7, 11) is 1.52. The number of benzene rings is 1. The number of aliphatic hydroxyl groups is 1. The molecule has 0 spiro atoms. The van der Waals surface area contributed by atoms with Crippen LogP contribution in [0, 0.1) is 17.7 Å². The summed E-state index contributed by atoms with van der Waals surface area (Å²) in [5.74, 6) is 1.08. The molecule has 2 heterocycles. The molecule has 1 aromatic carbocycles. The molecule has 148 valence electrons. The van der Waals surface area contributed by atoms with E-state index in [1.807, 2.05) is 4.90 Å². The van der Waals surface area contributed by atoms with Crippen LogP contribution < -0.4 is 9.47 Å². The van der Waals surface area contributed by atoms with E-state index < -0.39 is 6.10 Å². The maximum absolute atomic E-state index is 13.1. The highest BCUT2D eigenvalue weighted by molar-refractivity contribution is 5.94. The number of aromatic nitrogens is 1. The molecule has 0 radical (unpaired) electrons. The Bertz CT molecular complexity index is 845. The number of fused-ring (bicyclic) bond motifs is 1. The number of ether oxygens (including phenoxy) is 2. The van der Waals surface area contributed by atoms with Crippen LogP contribution in [-0.4, -0.2) is 53.3 Å². The third-order valence-electron chi connectivity index (χ3n) is 5.66. The number of hydrogen-bond acceptors (Lipinski definition) is 5. The van der Waals surface area contributed by atoms with Gasteiger partial charge in [0.2, 0.25) is 5.88 Å². The van der Waals surface area contributed by atoms with Crippen LogP contribution >= 0.6 is 0 Å². The fourth-order valence-corrected chi connectivity index (χ4v) is 4.21. The molecular formula is C21H23FN2O4. The van der Waals surface area contributed by atoms with E-state index in [0.29, 0.717) is 43.1 Å². The molecule has 2 aliphatic rings. The molecule has 0 bridgehead atoms. The van der Waals surface area contributed by atoms with Crippen molar-refractivity contribution in [2.45, 2.75) is 25.0 Å². The van der Waals surface area contributed by atoms with Crippen molar-refractivity contribution in [2.24, 2.45) is 11.8 Å². The summed E-state index contributed by atoms with van der Waals surface area (Å²) in [4.78, 5) is 18.7. The second-order valence-electron chi connectivity index (χ2n) is 7.47. The Balaban J connectivity index is 1.42. The Labute approximate surface area is 162 Å². The van der Waals surface area contributed by atoms with Crippen LogP contribution in [0.15, 0.2) is 42.6 Å². The van der Waals surface area contributed by atoms with Crippen LogP contribution in [0.2, 0.25) is 0 Å². The lowest BCUT2D eigenvalue weighted by molar-refractivity contribution is -0.0231. The lowest BCUT2D eigenvalue weighted by atomic mass is 9.78. The van der Waals surface area contributed by atoms with Crippen molar-refractivity contribution in [1.82, 2.24) is 9.88 Å². The van der Waals surface area contributed by atoms with Crippen molar-refractivity contribution in [3.05, 3.63) is 54.0 Å². The molecule has 1 amide bonds. The Morgan fingerprint density at radius 2 is 1.89 bits per heavy atom. The number of likely N-dealkylation sites (tertiary alicyclic amines) is 1. The minimum absolute atomic E-state index is 0.0550. The van der Waals surface area contributed by atoms with E-state index in [1.165, 1.54) is 19.2 Å². The van der Waals surface area contributed by atoms with E-state index in [0.717, 1.165) is 0 Å². The lowest BCUT2D eigenvalue weighted by Crippen LogP contribution is -2.42. The molecule has 6 nitrogen and oxygen atoms in total. The third kappa shape index (κ3) is 3.80. The summed E-state index contributed by atoms with van der Waals surface area (Å²) >= 11 is 0. The Hall–Kier alpha value is -2.67. The molecule has 4 rings (SSSR count). The zero-order chi connectivity index (χ0) is 19.7. The van der Waals surface area contributed by atoms with Gasteiger partial charge in [0.1, 0.15) is 17.7 Å². The van der Waals surface area contributed by atoms with Gasteiger partial charge < -0.3 is 19.5 Å². The summed E-state index contributed by atoms with van der Waals surface area (Å²) in [6.07, 6.45) is 1.84. The number of hydrogen-bond donors (Lipinski definition) is 1. The van der Waals surface area contributed by atoms with Crippen molar-refractivity contribution in [3.8, 4) is 11.6 Å². The molecule has 7 heteroatoms. The van der Waals surface area contributed by atoms with Crippen LogP contribution in [0.5, 0.6) is 11.6 Å². The first kappa shape index (κ1) is 18.7. The van der Waals surface area contributed by atoms with Gasteiger partial charge in [0.05, 0.1) is 13.2 Å². The van der Waals surface area contributed by atoms with Crippen LogP contribution in [0.4, 0.5) is 4.39 Å². The number of nitrogens with zero attached hydrogens (tertiary/aromatic N) is 2. The lowest BCUT2D eigenvalue weighted by Gasteiger charge is -2.35. The second-order valence-corrected chi connectivity index (χ2v) is 7.47. The van der Waals surface area contributed by atoms with Gasteiger partial charge in [0.25, 0.3) is 5.91 Å². The molecule has 1 aromatic heterocycles. The van der Waals surface area contributed by atoms with E-state index >= 15 is 0 Å². The Morgan fingerprint density at radius 1 is 1.18 bits per heavy atom. The topological polar surface area (TPSA) is 71.9 Å². The molecule has 1 aliphatic heterocycles. The molecule has 1 aliphatic carbocycles. The predicted octanol–water partition coefficient (Wildman–Crippen LogP) is 2.52. The molecule has 2 fully saturated rings. The monoisotopic (exact) mass is 386 g/mol. The number of halogens is 1. The SMILES string of the molecule is COc1cc(C(=O)N2C[C@H]3C[C@@H](Oc4ccc(F)cc4)[C@H](O)C[C@H]3C2)ccn1. The maximum atomic E-state index is 13.1. The van der Waals surface area contributed by atoms with Crippen LogP contribution in [0.25, 0.3) is 0 Å². The summed E-state index contributed by atoms with van der Waals surface area (Å²) < 4.78 is 24.1. The molecule has 1 saturated carbocycles. The summed E-state index contributed by atoms with van der Waals surface area (Å²) in [5.41, 5.74) is 0.546. The predicted molar refractivity (Wildman–Crippen MR) is 99.7 cm³/mol. The number of methoxy groups -OCH3 is 1. The van der Waals surface area contributed by atoms with Crippen molar-refractivity contribution in [2.75, 3.05) is 20.2 Å². The minimum Gasteiger partial charge on any atom is -0.488 e. The largest absolute Gasteiger partial charge is 0.488 e. The zero-order valence-corrected chi connectivity index (χ0v) is 15.6. The Kier molecular flexibility index (Phi) is 5.17. The van der Waals surface area contributed by atoms with Gasteiger partial charge in [-0.1, -0.05) is 0 Å². The summed E-state index contributed by atoms with van der Waals surface area (Å²) in [6.45, 7) is 1.25. The van der Waals surface area contributed by atoms with Crippen molar-refractivity contribution in [3.63, 3.8) is 0 Å². The van der Waals surface area contributed by atoms with E-state index in [1.54, 1.807) is 30.5 Å². The van der Waals surface area contributed by atoms with E-state index in [4.69, 9.17) is 9.47 Å². The van der Waals surface area contributed by atoms with E-state index in [9.17, 15) is 14.3 Å². The number of pyridine rings is 1. The summed E-state index contributed by atoms with van der Waals surface area (Å²) in [5, 5.41) is 10.5. The average molecular weight is 386 g/mol. The Morgan fingerprint density at radius 3 is 2.61 bits per heavy atom. The smallest absolute Gasteiger partial charge is 0.254 e. The fourth-order valence-electron chi connectivity index (χ4n) is 4.21. The van der Waals surface area contributed by atoms with Gasteiger partial charge in [-0.15, -0.1) is 0 Å². The van der Waals surface area contributed by atoms with Gasteiger partial charge >= 0.3 is 0 Å². The number of carbonyl (C=O) groups excluding carboxylic acids is 1. The standard InChI is InChI=1S/C21H23FN2O4/c1-27-20-10-13(6-7-23-20)21(26)24-11-14-8-18(25)19(9-15(14)12-24)28-17-4-2-16(22)3-5-17/h2-7,10,14-15,18-19,25H,8-9,11-12H2,1H3/t14-,15+,18+,19+/m0/s1. The molecule has 0 unspecified atom stereocenters. The molecular weight excluding hydrogens is 363 g/mol. The van der Waals surface area contributed by atoms with Gasteiger partial charge in [0, 0.05) is 30.9 Å². The zero-order valence-electron chi connectivity index (χ0n) is 15.6. The van der Waals surface area contributed by atoms with E-state index in [-0.39, 0.29) is 29.7 Å². The quantitative estimate of drug-likeness (QED) is 0.874. The highest BCUT2D eigenvalue weighted by Crippen LogP contribution is 2.38. The van der Waals surface area contributed by atoms with Gasteiger partial charge in [-0.2, -0.15) is 0 Å². The first-order valence-electron chi connectivity index (χ1n) is 9.43. The number of amides is 1. The number of aliphatic hydroxyl groups excluding tert-OH is 1. The third-order valence-corrected chi connectivity index (χ3v) is 5.66. The average Bonchev–Trinajstić information content (AvgIpc) is 3.12. The van der Waals surface area contributed by atoms with Gasteiger partial charge in [-0.3, -0.25) is 4.79 Å². The van der Waals surface area contributed by atoms with Crippen LogP contribution in [-0.2, 0) is 0 Å². The van der Waals surface area contributed by atoms with Crippen molar-refractivity contribution in [1.29, 1.82) is 0 Å². The normalized spacial score (nSPS) is 26.6. The molecule has 1 saturated heterocycles. The molecule has 1 N–H and O–H groups in total. The minimum atomic E-state index is -0.609. The van der Waals surface area contributed by atoms with Gasteiger partial charge in [0.15, 0.2) is 0 Å². The first-order valence-corrected chi connectivity index (χ1v) is 9.43. The van der Waals surface area contributed by atoms with Crippen molar-refractivity contribution >= 4 is 5.91 Å². The maximum Gasteiger partial charge on any atom is 0.254 e. The first-order chi connectivity index (χ1) is 13.5. The summed E-state index contributed by atoms with van der Waals surface area (Å²) in [6, 6.07) is 9.13. The molecule has 28 heavy (non-hydrogen) atoms. The number of carbonyl (C=O) groups is 1. The second kappa shape index (κ2) is 7.75. The highest BCUT2D eigenvalue weighted by Gasteiger charge is 2.44. The number of rotatable bonds is 4. The van der Waals surface area contributed by atoms with Crippen LogP contribution in [0.3, 0.4) is 0 Å². The molecule has 4 atom stereocenters. The van der Waals surface area contributed by atoms with Gasteiger partial charge in [-0.05, 0) is 55.0 Å². The van der Waals surface area contributed by atoms with E-state index in [2.05, 4.69) is 4.98 Å². The van der Waals surface area contributed by atoms with Gasteiger partial charge in [-0.25, -0.2) is 9.37 Å².